The first-order valence-electron chi connectivity index (χ1n) is 6.79. The second-order valence-electron chi connectivity index (χ2n) is 5.10. The van der Waals surface area contributed by atoms with Gasteiger partial charge in [-0.1, -0.05) is 36.4 Å². The Morgan fingerprint density at radius 3 is 2.74 bits per heavy atom. The highest BCUT2D eigenvalue weighted by atomic mass is 16.1. The van der Waals surface area contributed by atoms with Crippen molar-refractivity contribution in [1.29, 1.82) is 0 Å². The molecular formula is C16H18N2O. The number of aromatic amines is 1. The first-order chi connectivity index (χ1) is 9.33. The van der Waals surface area contributed by atoms with Crippen LogP contribution in [0.15, 0.2) is 53.5 Å². The fourth-order valence-corrected chi connectivity index (χ4v) is 2.84. The monoisotopic (exact) mass is 254 g/mol. The van der Waals surface area contributed by atoms with Crippen molar-refractivity contribution < 1.29 is 0 Å². The summed E-state index contributed by atoms with van der Waals surface area (Å²) in [5.74, 6) is 0. The van der Waals surface area contributed by atoms with Gasteiger partial charge in [-0.2, -0.15) is 0 Å². The van der Waals surface area contributed by atoms with Gasteiger partial charge in [0.05, 0.1) is 0 Å². The summed E-state index contributed by atoms with van der Waals surface area (Å²) in [5.41, 5.74) is 2.53. The minimum absolute atomic E-state index is 0.0312. The lowest BCUT2D eigenvalue weighted by molar-refractivity contribution is 0.248. The van der Waals surface area contributed by atoms with Crippen LogP contribution in [0.25, 0.3) is 0 Å². The molecule has 1 aromatic carbocycles. The first-order valence-corrected chi connectivity index (χ1v) is 6.79. The lowest BCUT2D eigenvalue weighted by Gasteiger charge is -2.24. The van der Waals surface area contributed by atoms with Crippen LogP contribution in [0.1, 0.15) is 30.0 Å². The minimum atomic E-state index is -0.0312. The lowest BCUT2D eigenvalue weighted by atomic mass is 10.1. The van der Waals surface area contributed by atoms with Crippen molar-refractivity contribution in [2.75, 3.05) is 6.54 Å². The van der Waals surface area contributed by atoms with E-state index in [1.54, 1.807) is 6.07 Å². The van der Waals surface area contributed by atoms with Gasteiger partial charge >= 0.3 is 0 Å². The van der Waals surface area contributed by atoms with Crippen LogP contribution in [0.3, 0.4) is 0 Å². The lowest BCUT2D eigenvalue weighted by Crippen LogP contribution is -2.23. The molecule has 0 unspecified atom stereocenters. The minimum Gasteiger partial charge on any atom is -0.329 e. The Labute approximate surface area is 112 Å². The van der Waals surface area contributed by atoms with Gasteiger partial charge in [-0.15, -0.1) is 0 Å². The summed E-state index contributed by atoms with van der Waals surface area (Å²) in [6, 6.07) is 14.6. The van der Waals surface area contributed by atoms with Gasteiger partial charge in [0.1, 0.15) is 0 Å². The highest BCUT2D eigenvalue weighted by molar-refractivity contribution is 5.18. The van der Waals surface area contributed by atoms with E-state index in [9.17, 15) is 4.79 Å². The fourth-order valence-electron chi connectivity index (χ4n) is 2.84. The molecule has 0 amide bonds. The molecule has 1 aliphatic rings. The number of likely N-dealkylation sites (tertiary alicyclic amines) is 1. The van der Waals surface area contributed by atoms with Crippen LogP contribution in [0.4, 0.5) is 0 Å². The van der Waals surface area contributed by atoms with Gasteiger partial charge in [-0.05, 0) is 30.5 Å². The highest BCUT2D eigenvalue weighted by Gasteiger charge is 2.25. The Kier molecular flexibility index (Phi) is 3.47. The normalized spacial score (nSPS) is 19.7. The Morgan fingerprint density at radius 1 is 1.16 bits per heavy atom. The Morgan fingerprint density at radius 2 is 2.00 bits per heavy atom. The largest absolute Gasteiger partial charge is 0.329 e. The number of aromatic nitrogens is 1. The third kappa shape index (κ3) is 2.76. The molecule has 3 nitrogen and oxygen atoms in total. The molecule has 0 spiro atoms. The second-order valence-corrected chi connectivity index (χ2v) is 5.10. The van der Waals surface area contributed by atoms with E-state index >= 15 is 0 Å². The van der Waals surface area contributed by atoms with Crippen LogP contribution in [-0.4, -0.2) is 16.4 Å². The van der Waals surface area contributed by atoms with Crippen molar-refractivity contribution in [2.24, 2.45) is 0 Å². The van der Waals surface area contributed by atoms with Crippen LogP contribution >= 0.6 is 0 Å². The second kappa shape index (κ2) is 5.41. The molecule has 1 aromatic heterocycles. The van der Waals surface area contributed by atoms with Crippen molar-refractivity contribution in [3.05, 3.63) is 70.1 Å². The number of nitrogens with zero attached hydrogens (tertiary/aromatic N) is 1. The van der Waals surface area contributed by atoms with Crippen molar-refractivity contribution in [2.45, 2.75) is 25.4 Å². The summed E-state index contributed by atoms with van der Waals surface area (Å²) < 4.78 is 0. The number of nitrogens with one attached hydrogen (secondary N) is 1. The van der Waals surface area contributed by atoms with Gasteiger partial charge in [0.15, 0.2) is 0 Å². The van der Waals surface area contributed by atoms with E-state index in [4.69, 9.17) is 0 Å². The molecular weight excluding hydrogens is 236 g/mol. The molecule has 3 heteroatoms. The number of hydrogen-bond acceptors (Lipinski definition) is 2. The van der Waals surface area contributed by atoms with Gasteiger partial charge < -0.3 is 4.98 Å². The van der Waals surface area contributed by atoms with E-state index in [0.29, 0.717) is 6.04 Å². The van der Waals surface area contributed by atoms with Crippen LogP contribution in [-0.2, 0) is 6.54 Å². The predicted molar refractivity (Wildman–Crippen MR) is 75.9 cm³/mol. The van der Waals surface area contributed by atoms with Crippen LogP contribution in [0.5, 0.6) is 0 Å². The Balaban J connectivity index is 1.78. The topological polar surface area (TPSA) is 36.1 Å². The molecule has 2 aromatic rings. The van der Waals surface area contributed by atoms with Gasteiger partial charge in [0.2, 0.25) is 5.56 Å². The number of benzene rings is 1. The molecule has 2 heterocycles. The molecule has 1 saturated heterocycles. The number of hydrogen-bond donors (Lipinski definition) is 1. The van der Waals surface area contributed by atoms with E-state index in [1.165, 1.54) is 24.0 Å². The average molecular weight is 254 g/mol. The summed E-state index contributed by atoms with van der Waals surface area (Å²) in [6.45, 7) is 2.10. The molecule has 0 aliphatic carbocycles. The quantitative estimate of drug-likeness (QED) is 0.914. The number of pyridine rings is 1. The summed E-state index contributed by atoms with van der Waals surface area (Å²) in [7, 11) is 0. The molecule has 1 atom stereocenters. The first kappa shape index (κ1) is 12.2. The molecule has 0 bridgehead atoms. The van der Waals surface area contributed by atoms with Gasteiger partial charge in [0.25, 0.3) is 0 Å². The molecule has 1 aliphatic heterocycles. The van der Waals surface area contributed by atoms with Crippen LogP contribution in [0.2, 0.25) is 0 Å². The SMILES string of the molecule is O=c1ccc([C@H]2CCCN2Cc2ccccc2)c[nH]1. The number of rotatable bonds is 3. The standard InChI is InChI=1S/C16H18N2O/c19-16-9-8-14(11-17-16)15-7-4-10-18(15)12-13-5-2-1-3-6-13/h1-3,5-6,8-9,11,15H,4,7,10,12H2,(H,17,19)/t15-/m1/s1. The highest BCUT2D eigenvalue weighted by Crippen LogP contribution is 2.32. The van der Waals surface area contributed by atoms with E-state index in [0.717, 1.165) is 13.1 Å². The van der Waals surface area contributed by atoms with Gasteiger partial charge in [0, 0.05) is 24.8 Å². The molecule has 0 saturated carbocycles. The number of H-pyrrole nitrogens is 1. The molecule has 1 N–H and O–H groups in total. The van der Waals surface area contributed by atoms with Crippen molar-refractivity contribution in [3.8, 4) is 0 Å². The Bertz CT molecular complexity index is 571. The third-order valence-electron chi connectivity index (χ3n) is 3.79. The Hall–Kier alpha value is -1.87. The van der Waals surface area contributed by atoms with E-state index in [-0.39, 0.29) is 5.56 Å². The average Bonchev–Trinajstić information content (AvgIpc) is 2.89. The molecule has 0 radical (unpaired) electrons. The maximum absolute atomic E-state index is 11.1. The van der Waals surface area contributed by atoms with Gasteiger partial charge in [-0.25, -0.2) is 0 Å². The summed E-state index contributed by atoms with van der Waals surface area (Å²) in [6.07, 6.45) is 4.24. The molecule has 19 heavy (non-hydrogen) atoms. The van der Waals surface area contributed by atoms with E-state index in [1.807, 2.05) is 18.3 Å². The summed E-state index contributed by atoms with van der Waals surface area (Å²) in [5, 5.41) is 0. The third-order valence-corrected chi connectivity index (χ3v) is 3.79. The predicted octanol–water partition coefficient (Wildman–Crippen LogP) is 2.71. The van der Waals surface area contributed by atoms with Crippen molar-refractivity contribution in [3.63, 3.8) is 0 Å². The molecule has 98 valence electrons. The zero-order valence-electron chi connectivity index (χ0n) is 10.9. The zero-order chi connectivity index (χ0) is 13.1. The maximum atomic E-state index is 11.1. The van der Waals surface area contributed by atoms with E-state index < -0.39 is 0 Å². The van der Waals surface area contributed by atoms with Crippen LogP contribution < -0.4 is 5.56 Å². The summed E-state index contributed by atoms with van der Waals surface area (Å²) >= 11 is 0. The smallest absolute Gasteiger partial charge is 0.247 e. The van der Waals surface area contributed by atoms with Crippen molar-refractivity contribution in [1.82, 2.24) is 9.88 Å². The maximum Gasteiger partial charge on any atom is 0.247 e. The zero-order valence-corrected chi connectivity index (χ0v) is 10.9. The fraction of sp³-hybridized carbons (Fsp3) is 0.312. The molecule has 1 fully saturated rings. The molecule has 3 rings (SSSR count). The van der Waals surface area contributed by atoms with E-state index in [2.05, 4.69) is 34.1 Å². The van der Waals surface area contributed by atoms with Crippen molar-refractivity contribution >= 4 is 0 Å². The summed E-state index contributed by atoms with van der Waals surface area (Å²) in [4.78, 5) is 16.4. The van der Waals surface area contributed by atoms with Crippen LogP contribution in [0, 0.1) is 0 Å². The van der Waals surface area contributed by atoms with Gasteiger partial charge in [-0.3, -0.25) is 9.69 Å².